The predicted molar refractivity (Wildman–Crippen MR) is 54.2 cm³/mol. The van der Waals surface area contributed by atoms with E-state index in [2.05, 4.69) is 15.9 Å². The minimum Gasteiger partial charge on any atom is -0.249 e. The Morgan fingerprint density at radius 1 is 1.33 bits per heavy atom. The van der Waals surface area contributed by atoms with E-state index in [1.807, 2.05) is 0 Å². The van der Waals surface area contributed by atoms with E-state index < -0.39 is 21.5 Å². The van der Waals surface area contributed by atoms with Crippen molar-refractivity contribution in [2.45, 2.75) is 11.1 Å². The molecule has 7 heteroatoms. The summed E-state index contributed by atoms with van der Waals surface area (Å²) in [6.45, 7) is 0. The van der Waals surface area contributed by atoms with Gasteiger partial charge in [0.15, 0.2) is 0 Å². The van der Waals surface area contributed by atoms with Crippen LogP contribution in [0.15, 0.2) is 27.6 Å². The molecule has 0 saturated heterocycles. The van der Waals surface area contributed by atoms with Crippen LogP contribution in [0.1, 0.15) is 5.56 Å². The van der Waals surface area contributed by atoms with Crippen molar-refractivity contribution in [1.82, 2.24) is 0 Å². The van der Waals surface area contributed by atoms with Gasteiger partial charge in [-0.1, -0.05) is 15.9 Å². The van der Waals surface area contributed by atoms with Gasteiger partial charge in [-0.15, -0.1) is 0 Å². The Labute approximate surface area is 93.6 Å². The third-order valence-electron chi connectivity index (χ3n) is 1.65. The highest BCUT2D eigenvalue weighted by molar-refractivity contribution is 9.10. The fourth-order valence-electron chi connectivity index (χ4n) is 0.951. The number of alkyl halides is 3. The van der Waals surface area contributed by atoms with Crippen molar-refractivity contribution in [2.75, 3.05) is 6.26 Å². The molecule has 1 aromatic carbocycles. The molecular weight excluding hydrogens is 295 g/mol. The molecule has 0 aromatic heterocycles. The molecular formula is C8H7BrF3NOS. The van der Waals surface area contributed by atoms with Gasteiger partial charge in [0.1, 0.15) is 0 Å². The van der Waals surface area contributed by atoms with E-state index in [0.717, 1.165) is 18.4 Å². The molecule has 1 atom stereocenters. The van der Waals surface area contributed by atoms with Gasteiger partial charge in [0.05, 0.1) is 15.3 Å². The summed E-state index contributed by atoms with van der Waals surface area (Å²) >= 11 is 2.89. The number of hydrogen-bond acceptors (Lipinski definition) is 2. The second-order valence-corrected chi connectivity index (χ2v) is 6.09. The molecule has 0 heterocycles. The maximum absolute atomic E-state index is 12.4. The molecule has 1 N–H and O–H groups in total. The summed E-state index contributed by atoms with van der Waals surface area (Å²) in [5, 5.41) is 0. The largest absolute Gasteiger partial charge is 0.416 e. The fourth-order valence-corrected chi connectivity index (χ4v) is 2.30. The monoisotopic (exact) mass is 301 g/mol. The van der Waals surface area contributed by atoms with Crippen molar-refractivity contribution in [2.24, 2.45) is 0 Å². The Bertz CT molecular complexity index is 481. The lowest BCUT2D eigenvalue weighted by Gasteiger charge is -2.09. The number of rotatable bonds is 1. The molecule has 0 spiro atoms. The summed E-state index contributed by atoms with van der Waals surface area (Å²) < 4.78 is 55.8. The van der Waals surface area contributed by atoms with Crippen molar-refractivity contribution >= 4 is 25.7 Å². The van der Waals surface area contributed by atoms with E-state index in [0.29, 0.717) is 0 Å². The summed E-state index contributed by atoms with van der Waals surface area (Å²) in [5.41, 5.74) is -0.909. The van der Waals surface area contributed by atoms with E-state index in [-0.39, 0.29) is 9.37 Å². The standard InChI is InChI=1S/C8H7BrF3NOS/c1-15(13,14)7-3-5(8(10,11)12)2-6(9)4-7/h2-4,13H,1H3. The molecule has 1 rings (SSSR count). The Hall–Kier alpha value is -0.560. The van der Waals surface area contributed by atoms with E-state index in [1.165, 1.54) is 6.07 Å². The number of halogens is 4. The van der Waals surface area contributed by atoms with Gasteiger partial charge < -0.3 is 0 Å². The van der Waals surface area contributed by atoms with Gasteiger partial charge in [-0.2, -0.15) is 13.2 Å². The lowest BCUT2D eigenvalue weighted by atomic mass is 10.2. The molecule has 0 fully saturated rings. The zero-order valence-corrected chi connectivity index (χ0v) is 9.96. The minimum atomic E-state index is -4.50. The Kier molecular flexibility index (Phi) is 3.16. The average molecular weight is 302 g/mol. The number of nitrogens with one attached hydrogen (secondary N) is 1. The molecule has 0 saturated carbocycles. The van der Waals surface area contributed by atoms with Gasteiger partial charge >= 0.3 is 6.18 Å². The zero-order valence-electron chi connectivity index (χ0n) is 7.56. The van der Waals surface area contributed by atoms with Crippen molar-refractivity contribution in [1.29, 1.82) is 4.78 Å². The third kappa shape index (κ3) is 3.20. The normalized spacial score (nSPS) is 16.1. The molecule has 1 unspecified atom stereocenters. The average Bonchev–Trinajstić information content (AvgIpc) is 1.99. The van der Waals surface area contributed by atoms with Crippen LogP contribution in [0.5, 0.6) is 0 Å². The Balaban J connectivity index is 3.43. The van der Waals surface area contributed by atoms with E-state index >= 15 is 0 Å². The van der Waals surface area contributed by atoms with Crippen LogP contribution >= 0.6 is 15.9 Å². The molecule has 0 bridgehead atoms. The van der Waals surface area contributed by atoms with E-state index in [9.17, 15) is 17.4 Å². The van der Waals surface area contributed by atoms with Gasteiger partial charge in [-0.05, 0) is 18.2 Å². The SMILES string of the molecule is CS(=N)(=O)c1cc(Br)cc(C(F)(F)F)c1. The first-order chi connectivity index (χ1) is 6.60. The van der Waals surface area contributed by atoms with E-state index in [4.69, 9.17) is 4.78 Å². The highest BCUT2D eigenvalue weighted by Crippen LogP contribution is 2.33. The van der Waals surface area contributed by atoms with Gasteiger partial charge in [-0.3, -0.25) is 0 Å². The van der Waals surface area contributed by atoms with Crippen molar-refractivity contribution < 1.29 is 17.4 Å². The molecule has 2 nitrogen and oxygen atoms in total. The van der Waals surface area contributed by atoms with E-state index in [1.54, 1.807) is 0 Å². The molecule has 0 aliphatic carbocycles. The molecule has 0 amide bonds. The fraction of sp³-hybridized carbons (Fsp3) is 0.250. The highest BCUT2D eigenvalue weighted by atomic mass is 79.9. The Morgan fingerprint density at radius 3 is 2.27 bits per heavy atom. The third-order valence-corrected chi connectivity index (χ3v) is 3.24. The lowest BCUT2D eigenvalue weighted by molar-refractivity contribution is -0.137. The molecule has 0 aliphatic rings. The second-order valence-electron chi connectivity index (χ2n) is 3.02. The Morgan fingerprint density at radius 2 is 1.87 bits per heavy atom. The summed E-state index contributed by atoms with van der Waals surface area (Å²) in [5.74, 6) is 0. The first kappa shape index (κ1) is 12.5. The first-order valence-corrected chi connectivity index (χ1v) is 6.48. The quantitative estimate of drug-likeness (QED) is 0.847. The molecule has 0 radical (unpaired) electrons. The van der Waals surface area contributed by atoms with Gasteiger partial charge in [-0.25, -0.2) is 8.99 Å². The molecule has 15 heavy (non-hydrogen) atoms. The lowest BCUT2D eigenvalue weighted by Crippen LogP contribution is -2.07. The number of hydrogen-bond donors (Lipinski definition) is 1. The topological polar surface area (TPSA) is 40.9 Å². The van der Waals surface area contributed by atoms with Crippen LogP contribution in [0.2, 0.25) is 0 Å². The summed E-state index contributed by atoms with van der Waals surface area (Å²) in [6.07, 6.45) is -3.42. The van der Waals surface area contributed by atoms with Gasteiger partial charge in [0.2, 0.25) is 0 Å². The molecule has 0 aliphatic heterocycles. The highest BCUT2D eigenvalue weighted by Gasteiger charge is 2.31. The van der Waals surface area contributed by atoms with Gasteiger partial charge in [0, 0.05) is 15.6 Å². The minimum absolute atomic E-state index is 0.135. The predicted octanol–water partition coefficient (Wildman–Crippen LogP) is 3.50. The molecule has 1 aromatic rings. The van der Waals surface area contributed by atoms with Crippen LogP contribution in [-0.2, 0) is 15.9 Å². The van der Waals surface area contributed by atoms with Crippen LogP contribution in [0.25, 0.3) is 0 Å². The van der Waals surface area contributed by atoms with Crippen LogP contribution in [0.3, 0.4) is 0 Å². The summed E-state index contributed by atoms with van der Waals surface area (Å²) in [4.78, 5) is -0.135. The summed E-state index contributed by atoms with van der Waals surface area (Å²) in [7, 11) is -3.14. The summed E-state index contributed by atoms with van der Waals surface area (Å²) in [6, 6.07) is 2.87. The second kappa shape index (κ2) is 3.79. The van der Waals surface area contributed by atoms with Crippen LogP contribution in [-0.4, -0.2) is 10.5 Å². The van der Waals surface area contributed by atoms with Crippen LogP contribution in [0, 0.1) is 4.78 Å². The molecule has 84 valence electrons. The van der Waals surface area contributed by atoms with Crippen molar-refractivity contribution in [3.8, 4) is 0 Å². The maximum Gasteiger partial charge on any atom is 0.416 e. The maximum atomic E-state index is 12.4. The van der Waals surface area contributed by atoms with Crippen LogP contribution in [0.4, 0.5) is 13.2 Å². The smallest absolute Gasteiger partial charge is 0.249 e. The van der Waals surface area contributed by atoms with Crippen LogP contribution < -0.4 is 0 Å². The van der Waals surface area contributed by atoms with Gasteiger partial charge in [0.25, 0.3) is 0 Å². The zero-order chi connectivity index (χ0) is 11.9. The number of benzene rings is 1. The first-order valence-electron chi connectivity index (χ1n) is 3.72. The van der Waals surface area contributed by atoms with Crippen molar-refractivity contribution in [3.05, 3.63) is 28.2 Å². The van der Waals surface area contributed by atoms with Crippen molar-refractivity contribution in [3.63, 3.8) is 0 Å².